The van der Waals surface area contributed by atoms with Gasteiger partial charge in [0.2, 0.25) is 0 Å². The highest BCUT2D eigenvalue weighted by atomic mass is 35.5. The van der Waals surface area contributed by atoms with E-state index in [4.69, 9.17) is 11.6 Å². The smallest absolute Gasteiger partial charge is 0.0722 e. The Kier molecular flexibility index (Phi) is 3.52. The van der Waals surface area contributed by atoms with E-state index in [0.29, 0.717) is 5.02 Å². The van der Waals surface area contributed by atoms with Gasteiger partial charge >= 0.3 is 0 Å². The fourth-order valence-electron chi connectivity index (χ4n) is 0.980. The first-order chi connectivity index (χ1) is 6.09. The molecule has 13 heavy (non-hydrogen) atoms. The van der Waals surface area contributed by atoms with Crippen LogP contribution in [-0.2, 0) is 0 Å². The van der Waals surface area contributed by atoms with Crippen LogP contribution in [-0.4, -0.2) is 11.2 Å². The number of rotatable bonds is 2. The number of aliphatic hydroxyl groups excluding tert-OH is 1. The Balaban J connectivity index is 2.91. The molecule has 1 atom stereocenters. The monoisotopic (exact) mass is 196 g/mol. The Hall–Kier alpha value is -0.790. The molecule has 0 amide bonds. The quantitative estimate of drug-likeness (QED) is 0.771. The lowest BCUT2D eigenvalue weighted by atomic mass is 10.1. The van der Waals surface area contributed by atoms with Crippen molar-refractivity contribution in [3.8, 4) is 0 Å². The van der Waals surface area contributed by atoms with E-state index in [0.717, 1.165) is 11.1 Å². The van der Waals surface area contributed by atoms with Gasteiger partial charge in [-0.2, -0.15) is 0 Å². The zero-order valence-corrected chi connectivity index (χ0v) is 8.55. The molecule has 1 aromatic rings. The molecule has 70 valence electrons. The van der Waals surface area contributed by atoms with Crippen LogP contribution in [0, 0.1) is 0 Å². The maximum absolute atomic E-state index is 9.25. The second kappa shape index (κ2) is 4.45. The molecule has 0 aromatic heterocycles. The molecule has 0 radical (unpaired) electrons. The second-order valence-electron chi connectivity index (χ2n) is 3.12. The zero-order valence-electron chi connectivity index (χ0n) is 7.79. The zero-order chi connectivity index (χ0) is 9.84. The van der Waals surface area contributed by atoms with Crippen LogP contribution in [0.4, 0.5) is 0 Å². The van der Waals surface area contributed by atoms with E-state index in [1.807, 2.05) is 37.3 Å². The molecule has 0 aliphatic heterocycles. The lowest BCUT2D eigenvalue weighted by Gasteiger charge is -2.03. The van der Waals surface area contributed by atoms with Crippen LogP contribution in [0.2, 0.25) is 5.02 Å². The maximum atomic E-state index is 9.25. The standard InChI is InChI=1S/C11H13ClO/c1-8(9(2)13)6-10-4-3-5-11(12)7-10/h3-7,9,13H,1-2H3/b8-6+. The molecule has 0 spiro atoms. The molecular formula is C11H13ClO. The molecule has 1 N–H and O–H groups in total. The molecule has 0 aliphatic rings. The van der Waals surface area contributed by atoms with Gasteiger partial charge in [-0.3, -0.25) is 0 Å². The fraction of sp³-hybridized carbons (Fsp3) is 0.273. The van der Waals surface area contributed by atoms with Gasteiger partial charge < -0.3 is 5.11 Å². The van der Waals surface area contributed by atoms with E-state index in [9.17, 15) is 5.11 Å². The van der Waals surface area contributed by atoms with Gasteiger partial charge in [0, 0.05) is 5.02 Å². The third-order valence-electron chi connectivity index (χ3n) is 1.90. The summed E-state index contributed by atoms with van der Waals surface area (Å²) in [4.78, 5) is 0. The number of halogens is 1. The topological polar surface area (TPSA) is 20.2 Å². The molecule has 0 heterocycles. The summed E-state index contributed by atoms with van der Waals surface area (Å²) in [5.41, 5.74) is 1.95. The molecule has 0 saturated carbocycles. The van der Waals surface area contributed by atoms with E-state index in [-0.39, 0.29) is 0 Å². The van der Waals surface area contributed by atoms with E-state index >= 15 is 0 Å². The normalized spacial score (nSPS) is 14.3. The van der Waals surface area contributed by atoms with Crippen LogP contribution in [0.3, 0.4) is 0 Å². The highest BCUT2D eigenvalue weighted by Crippen LogP contribution is 2.14. The summed E-state index contributed by atoms with van der Waals surface area (Å²) < 4.78 is 0. The third-order valence-corrected chi connectivity index (χ3v) is 2.14. The minimum atomic E-state index is -0.404. The van der Waals surface area contributed by atoms with Crippen molar-refractivity contribution in [2.45, 2.75) is 20.0 Å². The average molecular weight is 197 g/mol. The minimum absolute atomic E-state index is 0.404. The third kappa shape index (κ3) is 3.21. The first-order valence-corrected chi connectivity index (χ1v) is 4.59. The summed E-state index contributed by atoms with van der Waals surface area (Å²) in [5.74, 6) is 0. The van der Waals surface area contributed by atoms with Crippen molar-refractivity contribution < 1.29 is 5.11 Å². The predicted octanol–water partition coefficient (Wildman–Crippen LogP) is 3.12. The molecule has 1 nitrogen and oxygen atoms in total. The van der Waals surface area contributed by atoms with Crippen LogP contribution in [0.25, 0.3) is 6.08 Å². The Bertz CT molecular complexity index is 316. The van der Waals surface area contributed by atoms with Gasteiger partial charge in [-0.15, -0.1) is 0 Å². The molecule has 1 unspecified atom stereocenters. The highest BCUT2D eigenvalue weighted by molar-refractivity contribution is 6.30. The predicted molar refractivity (Wildman–Crippen MR) is 56.8 cm³/mol. The van der Waals surface area contributed by atoms with Gasteiger partial charge in [0.05, 0.1) is 6.10 Å². The van der Waals surface area contributed by atoms with E-state index in [2.05, 4.69) is 0 Å². The Morgan fingerprint density at radius 2 is 2.23 bits per heavy atom. The number of benzene rings is 1. The number of aliphatic hydroxyl groups is 1. The molecule has 1 rings (SSSR count). The number of hydrogen-bond donors (Lipinski definition) is 1. The van der Waals surface area contributed by atoms with Crippen molar-refractivity contribution in [1.82, 2.24) is 0 Å². The van der Waals surface area contributed by atoms with Crippen molar-refractivity contribution in [3.05, 3.63) is 40.4 Å². The van der Waals surface area contributed by atoms with Gasteiger partial charge in [-0.25, -0.2) is 0 Å². The Labute approximate surface area is 83.7 Å². The minimum Gasteiger partial charge on any atom is -0.389 e. The summed E-state index contributed by atoms with van der Waals surface area (Å²) >= 11 is 5.82. The van der Waals surface area contributed by atoms with Crippen LogP contribution in [0.5, 0.6) is 0 Å². The Morgan fingerprint density at radius 3 is 2.77 bits per heavy atom. The van der Waals surface area contributed by atoms with Crippen LogP contribution in [0.15, 0.2) is 29.8 Å². The fourth-order valence-corrected chi connectivity index (χ4v) is 1.18. The lowest BCUT2D eigenvalue weighted by molar-refractivity contribution is 0.232. The lowest BCUT2D eigenvalue weighted by Crippen LogP contribution is -2.00. The van der Waals surface area contributed by atoms with E-state index < -0.39 is 6.10 Å². The molecule has 0 saturated heterocycles. The largest absolute Gasteiger partial charge is 0.389 e. The van der Waals surface area contributed by atoms with E-state index in [1.54, 1.807) is 6.92 Å². The first-order valence-electron chi connectivity index (χ1n) is 4.21. The summed E-state index contributed by atoms with van der Waals surface area (Å²) in [6.45, 7) is 3.64. The summed E-state index contributed by atoms with van der Waals surface area (Å²) in [7, 11) is 0. The van der Waals surface area contributed by atoms with Gasteiger partial charge in [0.15, 0.2) is 0 Å². The second-order valence-corrected chi connectivity index (χ2v) is 3.56. The van der Waals surface area contributed by atoms with Crippen molar-refractivity contribution in [2.75, 3.05) is 0 Å². The van der Waals surface area contributed by atoms with Gasteiger partial charge in [-0.05, 0) is 37.1 Å². The van der Waals surface area contributed by atoms with Crippen LogP contribution < -0.4 is 0 Å². The molecular weight excluding hydrogens is 184 g/mol. The molecule has 1 aromatic carbocycles. The van der Waals surface area contributed by atoms with Crippen LogP contribution in [0.1, 0.15) is 19.4 Å². The highest BCUT2D eigenvalue weighted by Gasteiger charge is 1.98. The SMILES string of the molecule is C/C(=C\c1cccc(Cl)c1)C(C)O. The van der Waals surface area contributed by atoms with Crippen LogP contribution >= 0.6 is 11.6 Å². The van der Waals surface area contributed by atoms with Crippen molar-refractivity contribution in [2.24, 2.45) is 0 Å². The summed E-state index contributed by atoms with van der Waals surface area (Å²) in [6, 6.07) is 7.55. The van der Waals surface area contributed by atoms with Crippen molar-refractivity contribution in [3.63, 3.8) is 0 Å². The molecule has 2 heteroatoms. The van der Waals surface area contributed by atoms with E-state index in [1.165, 1.54) is 0 Å². The van der Waals surface area contributed by atoms with Gasteiger partial charge in [0.1, 0.15) is 0 Å². The van der Waals surface area contributed by atoms with Crippen molar-refractivity contribution in [1.29, 1.82) is 0 Å². The average Bonchev–Trinajstić information content (AvgIpc) is 2.04. The first kappa shape index (κ1) is 10.3. The molecule has 0 bridgehead atoms. The van der Waals surface area contributed by atoms with Gasteiger partial charge in [0.25, 0.3) is 0 Å². The van der Waals surface area contributed by atoms with Crippen molar-refractivity contribution >= 4 is 17.7 Å². The van der Waals surface area contributed by atoms with Gasteiger partial charge in [-0.1, -0.05) is 29.8 Å². The summed E-state index contributed by atoms with van der Waals surface area (Å²) in [6.07, 6.45) is 1.52. The number of hydrogen-bond acceptors (Lipinski definition) is 1. The maximum Gasteiger partial charge on any atom is 0.0722 e. The molecule has 0 fully saturated rings. The Morgan fingerprint density at radius 1 is 1.54 bits per heavy atom. The summed E-state index contributed by atoms with van der Waals surface area (Å²) in [5, 5.41) is 9.97. The molecule has 0 aliphatic carbocycles.